The van der Waals surface area contributed by atoms with E-state index < -0.39 is 17.2 Å². The Kier molecular flexibility index (Phi) is 4.67. The third kappa shape index (κ3) is 3.32. The fourth-order valence-electron chi connectivity index (χ4n) is 2.21. The molecule has 1 saturated heterocycles. The average molecular weight is 284 g/mol. The van der Waals surface area contributed by atoms with E-state index in [2.05, 4.69) is 5.32 Å². The van der Waals surface area contributed by atoms with E-state index in [-0.39, 0.29) is 24.4 Å². The van der Waals surface area contributed by atoms with E-state index in [1.54, 1.807) is 0 Å². The predicted octanol–water partition coefficient (Wildman–Crippen LogP) is 1.13. The zero-order valence-electron chi connectivity index (χ0n) is 11.1. The second kappa shape index (κ2) is 6.28. The van der Waals surface area contributed by atoms with Crippen molar-refractivity contribution in [2.75, 3.05) is 19.8 Å². The average Bonchev–Trinajstić information content (AvgIpc) is 2.42. The van der Waals surface area contributed by atoms with E-state index in [4.69, 9.17) is 10.5 Å². The van der Waals surface area contributed by atoms with Crippen LogP contribution < -0.4 is 11.1 Å². The van der Waals surface area contributed by atoms with Crippen molar-refractivity contribution < 1.29 is 18.3 Å². The Hall–Kier alpha value is -1.53. The van der Waals surface area contributed by atoms with Gasteiger partial charge in [-0.3, -0.25) is 4.79 Å². The van der Waals surface area contributed by atoms with Crippen molar-refractivity contribution >= 4 is 5.91 Å². The lowest BCUT2D eigenvalue weighted by Crippen LogP contribution is -2.57. The smallest absolute Gasteiger partial charge is 0.240 e. The number of nitrogens with two attached hydrogens (primary N) is 1. The first-order valence-electron chi connectivity index (χ1n) is 6.61. The summed E-state index contributed by atoms with van der Waals surface area (Å²) >= 11 is 0. The number of carbonyl (C=O) groups is 1. The van der Waals surface area contributed by atoms with Gasteiger partial charge in [-0.15, -0.1) is 0 Å². The van der Waals surface area contributed by atoms with Crippen molar-refractivity contribution in [1.82, 2.24) is 5.32 Å². The van der Waals surface area contributed by atoms with Gasteiger partial charge in [-0.1, -0.05) is 6.07 Å². The number of amides is 1. The molecule has 1 aromatic rings. The maximum Gasteiger partial charge on any atom is 0.240 e. The fourth-order valence-corrected chi connectivity index (χ4v) is 2.21. The number of hydrogen-bond donors (Lipinski definition) is 2. The molecule has 20 heavy (non-hydrogen) atoms. The number of rotatable bonds is 4. The Balaban J connectivity index is 1.88. The second-order valence-electron chi connectivity index (χ2n) is 4.97. The van der Waals surface area contributed by atoms with Gasteiger partial charge in [0.25, 0.3) is 0 Å². The van der Waals surface area contributed by atoms with Gasteiger partial charge in [0.2, 0.25) is 5.91 Å². The van der Waals surface area contributed by atoms with Crippen LogP contribution in [0.15, 0.2) is 18.2 Å². The number of halogens is 2. The SMILES string of the molecule is NC1(C(=O)NCCc2c(F)cccc2F)CCOCC1. The molecule has 1 heterocycles. The lowest BCUT2D eigenvalue weighted by molar-refractivity contribution is -0.129. The first-order chi connectivity index (χ1) is 9.53. The van der Waals surface area contributed by atoms with E-state index in [9.17, 15) is 13.6 Å². The van der Waals surface area contributed by atoms with Crippen LogP contribution in [0.2, 0.25) is 0 Å². The van der Waals surface area contributed by atoms with Gasteiger partial charge < -0.3 is 15.8 Å². The highest BCUT2D eigenvalue weighted by atomic mass is 19.1. The molecule has 1 aliphatic heterocycles. The summed E-state index contributed by atoms with van der Waals surface area (Å²) in [5.74, 6) is -1.50. The summed E-state index contributed by atoms with van der Waals surface area (Å²) < 4.78 is 32.0. The zero-order chi connectivity index (χ0) is 14.6. The van der Waals surface area contributed by atoms with Crippen LogP contribution in [0.4, 0.5) is 8.78 Å². The summed E-state index contributed by atoms with van der Waals surface area (Å²) in [5, 5.41) is 2.64. The molecule has 0 radical (unpaired) electrons. The monoisotopic (exact) mass is 284 g/mol. The molecule has 1 amide bonds. The summed E-state index contributed by atoms with van der Waals surface area (Å²) in [6.45, 7) is 1.05. The molecule has 2 rings (SSSR count). The fraction of sp³-hybridized carbons (Fsp3) is 0.500. The van der Waals surface area contributed by atoms with Gasteiger partial charge in [0.15, 0.2) is 0 Å². The minimum Gasteiger partial charge on any atom is -0.381 e. The number of nitrogens with one attached hydrogen (secondary N) is 1. The lowest BCUT2D eigenvalue weighted by atomic mass is 9.90. The van der Waals surface area contributed by atoms with E-state index >= 15 is 0 Å². The summed E-state index contributed by atoms with van der Waals surface area (Å²) in [6, 6.07) is 3.70. The highest BCUT2D eigenvalue weighted by Gasteiger charge is 2.35. The molecule has 110 valence electrons. The molecule has 1 aliphatic rings. The van der Waals surface area contributed by atoms with Gasteiger partial charge in [-0.05, 0) is 31.4 Å². The van der Waals surface area contributed by atoms with Crippen molar-refractivity contribution in [2.24, 2.45) is 5.73 Å². The first-order valence-corrected chi connectivity index (χ1v) is 6.61. The number of benzene rings is 1. The topological polar surface area (TPSA) is 64.4 Å². The maximum atomic E-state index is 13.4. The molecule has 0 spiro atoms. The van der Waals surface area contributed by atoms with E-state index in [1.807, 2.05) is 0 Å². The highest BCUT2D eigenvalue weighted by molar-refractivity contribution is 5.86. The van der Waals surface area contributed by atoms with Crippen LogP contribution in [-0.4, -0.2) is 31.2 Å². The van der Waals surface area contributed by atoms with Gasteiger partial charge >= 0.3 is 0 Å². The van der Waals surface area contributed by atoms with Crippen molar-refractivity contribution in [1.29, 1.82) is 0 Å². The molecular weight excluding hydrogens is 266 g/mol. The number of hydrogen-bond acceptors (Lipinski definition) is 3. The summed E-state index contributed by atoms with van der Waals surface area (Å²) in [4.78, 5) is 12.0. The molecule has 0 saturated carbocycles. The van der Waals surface area contributed by atoms with E-state index in [1.165, 1.54) is 18.2 Å². The minimum absolute atomic E-state index is 0.0224. The van der Waals surface area contributed by atoms with Gasteiger partial charge in [-0.25, -0.2) is 8.78 Å². The minimum atomic E-state index is -0.938. The van der Waals surface area contributed by atoms with Crippen LogP contribution in [0.3, 0.4) is 0 Å². The molecular formula is C14H18F2N2O2. The Bertz CT molecular complexity index is 468. The first kappa shape index (κ1) is 14.9. The normalized spacial score (nSPS) is 17.8. The van der Waals surface area contributed by atoms with Crippen LogP contribution in [0, 0.1) is 11.6 Å². The van der Waals surface area contributed by atoms with Gasteiger partial charge in [0, 0.05) is 25.3 Å². The lowest BCUT2D eigenvalue weighted by Gasteiger charge is -2.31. The Morgan fingerprint density at radius 2 is 1.90 bits per heavy atom. The molecule has 0 atom stereocenters. The third-order valence-electron chi connectivity index (χ3n) is 3.56. The van der Waals surface area contributed by atoms with Crippen molar-refractivity contribution in [3.05, 3.63) is 35.4 Å². The molecule has 4 nitrogen and oxygen atoms in total. The zero-order valence-corrected chi connectivity index (χ0v) is 11.1. The molecule has 1 fully saturated rings. The van der Waals surface area contributed by atoms with Gasteiger partial charge in [0.05, 0.1) is 5.54 Å². The van der Waals surface area contributed by atoms with Crippen molar-refractivity contribution in [3.63, 3.8) is 0 Å². The predicted molar refractivity (Wildman–Crippen MR) is 70.0 cm³/mol. The standard InChI is InChI=1S/C14H18F2N2O2/c15-11-2-1-3-12(16)10(11)4-7-18-13(19)14(17)5-8-20-9-6-14/h1-3H,4-9,17H2,(H,18,19). The van der Waals surface area contributed by atoms with Crippen LogP contribution in [0.25, 0.3) is 0 Å². The molecule has 3 N–H and O–H groups in total. The van der Waals surface area contributed by atoms with Crippen molar-refractivity contribution in [3.8, 4) is 0 Å². The maximum absolute atomic E-state index is 13.4. The molecule has 0 aliphatic carbocycles. The van der Waals surface area contributed by atoms with E-state index in [0.717, 1.165) is 0 Å². The Labute approximate surface area is 116 Å². The largest absolute Gasteiger partial charge is 0.381 e. The second-order valence-corrected chi connectivity index (χ2v) is 4.97. The Morgan fingerprint density at radius 1 is 1.30 bits per heavy atom. The quantitative estimate of drug-likeness (QED) is 0.871. The van der Waals surface area contributed by atoms with Crippen molar-refractivity contribution in [2.45, 2.75) is 24.8 Å². The van der Waals surface area contributed by atoms with Crippen LogP contribution in [0.5, 0.6) is 0 Å². The summed E-state index contributed by atoms with van der Waals surface area (Å²) in [5.41, 5.74) is 5.04. The number of ether oxygens (including phenoxy) is 1. The van der Waals surface area contributed by atoms with Crippen LogP contribution >= 0.6 is 0 Å². The van der Waals surface area contributed by atoms with E-state index in [0.29, 0.717) is 26.1 Å². The highest BCUT2D eigenvalue weighted by Crippen LogP contribution is 2.18. The molecule has 1 aromatic carbocycles. The molecule has 6 heteroatoms. The molecule has 0 bridgehead atoms. The summed E-state index contributed by atoms with van der Waals surface area (Å²) in [6.07, 6.45) is 0.997. The molecule has 0 aromatic heterocycles. The Morgan fingerprint density at radius 3 is 2.50 bits per heavy atom. The van der Waals surface area contributed by atoms with Crippen LogP contribution in [-0.2, 0) is 16.0 Å². The number of carbonyl (C=O) groups excluding carboxylic acids is 1. The third-order valence-corrected chi connectivity index (χ3v) is 3.56. The summed E-state index contributed by atoms with van der Waals surface area (Å²) in [7, 11) is 0. The van der Waals surface area contributed by atoms with Gasteiger partial charge in [-0.2, -0.15) is 0 Å². The van der Waals surface area contributed by atoms with Crippen LogP contribution in [0.1, 0.15) is 18.4 Å². The molecule has 0 unspecified atom stereocenters. The van der Waals surface area contributed by atoms with Gasteiger partial charge in [0.1, 0.15) is 11.6 Å².